The minimum atomic E-state index is -0.521. The first kappa shape index (κ1) is 20.4. The Hall–Kier alpha value is -3.52. The summed E-state index contributed by atoms with van der Waals surface area (Å²) < 4.78 is 18.5. The van der Waals surface area contributed by atoms with Crippen LogP contribution in [0.1, 0.15) is 35.2 Å². The van der Waals surface area contributed by atoms with Gasteiger partial charge in [-0.1, -0.05) is 12.1 Å². The van der Waals surface area contributed by atoms with Gasteiger partial charge in [0.05, 0.1) is 36.0 Å². The van der Waals surface area contributed by atoms with Gasteiger partial charge in [0, 0.05) is 36.8 Å². The van der Waals surface area contributed by atoms with E-state index < -0.39 is 6.10 Å². The van der Waals surface area contributed by atoms with E-state index in [1.54, 1.807) is 35.4 Å². The van der Waals surface area contributed by atoms with Gasteiger partial charge >= 0.3 is 0 Å². The number of carbonyl (C=O) groups is 1. The molecule has 1 fully saturated rings. The van der Waals surface area contributed by atoms with Crippen molar-refractivity contribution in [1.82, 2.24) is 24.6 Å². The van der Waals surface area contributed by atoms with Crippen molar-refractivity contribution >= 4 is 16.9 Å². The molecule has 0 saturated heterocycles. The number of amides is 1. The van der Waals surface area contributed by atoms with Gasteiger partial charge in [0.25, 0.3) is 5.91 Å². The molecule has 0 aliphatic heterocycles. The quantitative estimate of drug-likeness (QED) is 0.506. The molecule has 4 aromatic rings. The van der Waals surface area contributed by atoms with Crippen LogP contribution < -0.4 is 5.32 Å². The third kappa shape index (κ3) is 3.78. The second-order valence-electron chi connectivity index (χ2n) is 8.33. The molecule has 1 aliphatic rings. The molecule has 164 valence electrons. The Balaban J connectivity index is 1.44. The molecule has 0 bridgehead atoms. The number of aromatic nitrogens is 4. The van der Waals surface area contributed by atoms with Gasteiger partial charge in [-0.25, -0.2) is 4.39 Å². The van der Waals surface area contributed by atoms with Crippen molar-refractivity contribution in [3.63, 3.8) is 0 Å². The zero-order chi connectivity index (χ0) is 22.2. The molecule has 0 radical (unpaired) electrons. The zero-order valence-corrected chi connectivity index (χ0v) is 17.7. The van der Waals surface area contributed by atoms with Gasteiger partial charge in [-0.15, -0.1) is 0 Å². The summed E-state index contributed by atoms with van der Waals surface area (Å²) in [6.45, 7) is 0.265. The fraction of sp³-hybridized carbons (Fsp3) is 0.292. The summed E-state index contributed by atoms with van der Waals surface area (Å²) in [4.78, 5) is 17.3. The van der Waals surface area contributed by atoms with Gasteiger partial charge < -0.3 is 15.0 Å². The number of fused-ring (bicyclic) bond motifs is 1. The van der Waals surface area contributed by atoms with Gasteiger partial charge in [0.15, 0.2) is 0 Å². The van der Waals surface area contributed by atoms with E-state index >= 15 is 0 Å². The van der Waals surface area contributed by atoms with Gasteiger partial charge in [0.2, 0.25) is 0 Å². The Morgan fingerprint density at radius 1 is 1.25 bits per heavy atom. The van der Waals surface area contributed by atoms with Crippen LogP contribution in [0.5, 0.6) is 0 Å². The number of carbonyl (C=O) groups excluding carboxylic acids is 1. The molecule has 5 rings (SSSR count). The topological polar surface area (TPSA) is 85.0 Å². The predicted octanol–water partition coefficient (Wildman–Crippen LogP) is 3.27. The van der Waals surface area contributed by atoms with Gasteiger partial charge in [-0.05, 0) is 43.0 Å². The largest absolute Gasteiger partial charge is 0.391 e. The number of aryl methyl sites for hydroxylation is 1. The molecule has 8 heteroatoms. The minimum Gasteiger partial charge on any atom is -0.391 e. The van der Waals surface area contributed by atoms with Crippen molar-refractivity contribution < 1.29 is 14.3 Å². The predicted molar refractivity (Wildman–Crippen MR) is 119 cm³/mol. The van der Waals surface area contributed by atoms with E-state index in [-0.39, 0.29) is 24.3 Å². The number of hydrogen-bond acceptors (Lipinski definition) is 4. The van der Waals surface area contributed by atoms with Crippen LogP contribution in [0.3, 0.4) is 0 Å². The van der Waals surface area contributed by atoms with Crippen molar-refractivity contribution in [3.05, 3.63) is 72.1 Å². The highest BCUT2D eigenvalue weighted by Gasteiger charge is 2.28. The number of pyridine rings is 1. The van der Waals surface area contributed by atoms with E-state index in [1.165, 1.54) is 6.07 Å². The van der Waals surface area contributed by atoms with E-state index in [0.717, 1.165) is 29.5 Å². The summed E-state index contributed by atoms with van der Waals surface area (Å²) in [5.74, 6) is -0.594. The lowest BCUT2D eigenvalue weighted by molar-refractivity contribution is 0.0874. The third-order valence-electron chi connectivity index (χ3n) is 6.11. The first-order valence-electron chi connectivity index (χ1n) is 10.7. The SMILES string of the molecule is Cn1cc(-c2ccc(Cn3cc(C(=O)N[C@H]4CCC[C@H]4O)c4ncccc43)c(F)c2)cn1. The Morgan fingerprint density at radius 3 is 2.84 bits per heavy atom. The second-order valence-corrected chi connectivity index (χ2v) is 8.33. The maximum atomic E-state index is 14.9. The smallest absolute Gasteiger partial charge is 0.255 e. The van der Waals surface area contributed by atoms with Gasteiger partial charge in [-0.3, -0.25) is 14.5 Å². The number of nitrogens with zero attached hydrogens (tertiary/aromatic N) is 4. The molecule has 3 aromatic heterocycles. The van der Waals surface area contributed by atoms with Crippen molar-refractivity contribution in [2.45, 2.75) is 38.0 Å². The Morgan fingerprint density at radius 2 is 2.12 bits per heavy atom. The fourth-order valence-corrected chi connectivity index (χ4v) is 4.38. The second kappa shape index (κ2) is 8.20. The molecule has 1 aromatic carbocycles. The zero-order valence-electron chi connectivity index (χ0n) is 17.7. The summed E-state index contributed by atoms with van der Waals surface area (Å²) >= 11 is 0. The normalized spacial score (nSPS) is 18.3. The monoisotopic (exact) mass is 433 g/mol. The molecule has 1 amide bonds. The van der Waals surface area contributed by atoms with Crippen molar-refractivity contribution in [2.75, 3.05) is 0 Å². The Kier molecular flexibility index (Phi) is 5.22. The lowest BCUT2D eigenvalue weighted by Crippen LogP contribution is -2.39. The maximum absolute atomic E-state index is 14.9. The average Bonchev–Trinajstić information content (AvgIpc) is 3.49. The van der Waals surface area contributed by atoms with Crippen LogP contribution in [-0.4, -0.2) is 42.5 Å². The Labute approximate surface area is 184 Å². The van der Waals surface area contributed by atoms with Crippen LogP contribution in [0.4, 0.5) is 4.39 Å². The molecule has 2 atom stereocenters. The maximum Gasteiger partial charge on any atom is 0.255 e. The van der Waals surface area contributed by atoms with Crippen LogP contribution in [-0.2, 0) is 13.6 Å². The summed E-state index contributed by atoms with van der Waals surface area (Å²) in [6.07, 6.45) is 8.71. The molecule has 1 saturated carbocycles. The van der Waals surface area contributed by atoms with Crippen LogP contribution in [0, 0.1) is 5.82 Å². The molecule has 2 N–H and O–H groups in total. The van der Waals surface area contributed by atoms with E-state index in [2.05, 4.69) is 15.4 Å². The fourth-order valence-electron chi connectivity index (χ4n) is 4.38. The third-order valence-corrected chi connectivity index (χ3v) is 6.11. The van der Waals surface area contributed by atoms with Crippen molar-refractivity contribution in [3.8, 4) is 11.1 Å². The number of halogens is 1. The lowest BCUT2D eigenvalue weighted by atomic mass is 10.1. The number of nitrogens with one attached hydrogen (secondary N) is 1. The number of aliphatic hydroxyl groups excluding tert-OH is 1. The summed E-state index contributed by atoms with van der Waals surface area (Å²) in [5, 5.41) is 17.1. The number of aliphatic hydroxyl groups is 1. The highest BCUT2D eigenvalue weighted by Crippen LogP contribution is 2.25. The lowest BCUT2D eigenvalue weighted by Gasteiger charge is -2.15. The first-order chi connectivity index (χ1) is 15.5. The van der Waals surface area contributed by atoms with Crippen molar-refractivity contribution in [1.29, 1.82) is 0 Å². The van der Waals surface area contributed by atoms with E-state index in [9.17, 15) is 14.3 Å². The number of benzene rings is 1. The van der Waals surface area contributed by atoms with E-state index in [1.807, 2.05) is 29.9 Å². The van der Waals surface area contributed by atoms with E-state index in [4.69, 9.17) is 0 Å². The van der Waals surface area contributed by atoms with Gasteiger partial charge in [-0.2, -0.15) is 5.10 Å². The highest BCUT2D eigenvalue weighted by atomic mass is 19.1. The Bertz CT molecular complexity index is 1290. The number of rotatable bonds is 5. The minimum absolute atomic E-state index is 0.248. The number of hydrogen-bond donors (Lipinski definition) is 2. The van der Waals surface area contributed by atoms with Crippen LogP contribution in [0.15, 0.2) is 55.1 Å². The first-order valence-corrected chi connectivity index (χ1v) is 10.7. The molecular formula is C24H24FN5O2. The molecule has 7 nitrogen and oxygen atoms in total. The molecule has 32 heavy (non-hydrogen) atoms. The average molecular weight is 433 g/mol. The van der Waals surface area contributed by atoms with Gasteiger partial charge in [0.1, 0.15) is 11.3 Å². The molecular weight excluding hydrogens is 409 g/mol. The summed E-state index contributed by atoms with van der Waals surface area (Å²) in [6, 6.07) is 8.55. The summed E-state index contributed by atoms with van der Waals surface area (Å²) in [5.41, 5.74) is 3.85. The molecule has 1 aliphatic carbocycles. The van der Waals surface area contributed by atoms with Crippen LogP contribution in [0.25, 0.3) is 22.2 Å². The van der Waals surface area contributed by atoms with Crippen molar-refractivity contribution in [2.24, 2.45) is 7.05 Å². The standard InChI is InChI=1S/C24H24FN5O2/c1-29-12-17(11-27-29)15-7-8-16(19(25)10-15)13-30-14-18(23-21(30)5-3-9-26-23)24(32)28-20-4-2-6-22(20)31/h3,5,7-12,14,20,22,31H,2,4,6,13H2,1H3,(H,28,32)/t20-,22+/m0/s1. The molecule has 0 unspecified atom stereocenters. The van der Waals surface area contributed by atoms with Crippen LogP contribution >= 0.6 is 0 Å². The highest BCUT2D eigenvalue weighted by molar-refractivity contribution is 6.05. The summed E-state index contributed by atoms with van der Waals surface area (Å²) in [7, 11) is 1.82. The molecule has 0 spiro atoms. The van der Waals surface area contributed by atoms with Crippen LogP contribution in [0.2, 0.25) is 0 Å². The van der Waals surface area contributed by atoms with E-state index in [0.29, 0.717) is 23.1 Å². The molecule has 3 heterocycles.